The number of aromatic nitrogens is 2. The summed E-state index contributed by atoms with van der Waals surface area (Å²) in [5, 5.41) is 13.6. The molecule has 0 atom stereocenters. The Labute approximate surface area is 159 Å². The maximum absolute atomic E-state index is 13.2. The fourth-order valence-corrected chi connectivity index (χ4v) is 2.85. The van der Waals surface area contributed by atoms with Crippen molar-refractivity contribution < 1.29 is 9.13 Å². The van der Waals surface area contributed by atoms with E-state index in [1.165, 1.54) is 18.2 Å². The highest BCUT2D eigenvalue weighted by Gasteiger charge is 2.09. The average Bonchev–Trinajstić information content (AvgIpc) is 3.11. The highest BCUT2D eigenvalue weighted by atomic mass is 35.5. The second-order valence-corrected chi connectivity index (χ2v) is 6.17. The van der Waals surface area contributed by atoms with Crippen LogP contribution in [0.15, 0.2) is 60.8 Å². The monoisotopic (exact) mass is 378 g/mol. The molecule has 0 fully saturated rings. The fraction of sp³-hybridized carbons (Fsp3) is 0. The Hall–Kier alpha value is -3.56. The highest BCUT2D eigenvalue weighted by Crippen LogP contribution is 2.31. The topological polar surface area (TPSA) is 73.7 Å². The highest BCUT2D eigenvalue weighted by molar-refractivity contribution is 6.32. The van der Waals surface area contributed by atoms with Crippen molar-refractivity contribution in [3.8, 4) is 17.6 Å². The van der Waals surface area contributed by atoms with Crippen molar-refractivity contribution in [3.05, 3.63) is 77.3 Å². The molecule has 7 heteroatoms. The van der Waals surface area contributed by atoms with E-state index in [2.05, 4.69) is 15.3 Å². The number of fused-ring (bicyclic) bond motifs is 1. The SMILES string of the molecule is N#Cc1cc(Oc2ccc(F)cc2Cl)cc(Nc2ccc3cc[nH]c3c2)n1. The van der Waals surface area contributed by atoms with Gasteiger partial charge in [-0.15, -0.1) is 0 Å². The number of hydrogen-bond acceptors (Lipinski definition) is 4. The molecule has 0 aliphatic carbocycles. The van der Waals surface area contributed by atoms with Crippen molar-refractivity contribution >= 4 is 34.0 Å². The van der Waals surface area contributed by atoms with E-state index in [-0.39, 0.29) is 16.5 Å². The normalized spacial score (nSPS) is 10.6. The van der Waals surface area contributed by atoms with Gasteiger partial charge in [0.25, 0.3) is 0 Å². The summed E-state index contributed by atoms with van der Waals surface area (Å²) in [6.45, 7) is 0. The molecule has 0 aliphatic heterocycles. The van der Waals surface area contributed by atoms with Crippen LogP contribution >= 0.6 is 11.6 Å². The van der Waals surface area contributed by atoms with Crippen molar-refractivity contribution in [1.29, 1.82) is 5.26 Å². The predicted octanol–water partition coefficient (Wildman–Crippen LogP) is 5.76. The van der Waals surface area contributed by atoms with E-state index in [0.717, 1.165) is 22.7 Å². The third-order valence-corrected chi connectivity index (χ3v) is 4.16. The number of H-pyrrole nitrogens is 1. The van der Waals surface area contributed by atoms with Crippen LogP contribution in [0.25, 0.3) is 10.9 Å². The smallest absolute Gasteiger partial charge is 0.146 e. The summed E-state index contributed by atoms with van der Waals surface area (Å²) in [4.78, 5) is 7.38. The Morgan fingerprint density at radius 2 is 2.00 bits per heavy atom. The summed E-state index contributed by atoms with van der Waals surface area (Å²) < 4.78 is 18.9. The number of halogens is 2. The molecule has 0 radical (unpaired) electrons. The van der Waals surface area contributed by atoms with Crippen molar-refractivity contribution in [1.82, 2.24) is 9.97 Å². The van der Waals surface area contributed by atoms with Crippen molar-refractivity contribution in [3.63, 3.8) is 0 Å². The van der Waals surface area contributed by atoms with Crippen LogP contribution in [0, 0.1) is 17.1 Å². The summed E-state index contributed by atoms with van der Waals surface area (Å²) in [5.41, 5.74) is 1.96. The molecule has 132 valence electrons. The van der Waals surface area contributed by atoms with Gasteiger partial charge in [0.1, 0.15) is 34.9 Å². The van der Waals surface area contributed by atoms with Crippen LogP contribution in [0.5, 0.6) is 11.5 Å². The third kappa shape index (κ3) is 3.68. The molecule has 0 spiro atoms. The lowest BCUT2D eigenvalue weighted by molar-refractivity contribution is 0.480. The molecule has 2 aromatic carbocycles. The van der Waals surface area contributed by atoms with Gasteiger partial charge in [-0.2, -0.15) is 5.26 Å². The molecule has 0 bridgehead atoms. The lowest BCUT2D eigenvalue weighted by Gasteiger charge is -2.11. The predicted molar refractivity (Wildman–Crippen MR) is 102 cm³/mol. The van der Waals surface area contributed by atoms with Crippen LogP contribution in [-0.4, -0.2) is 9.97 Å². The van der Waals surface area contributed by atoms with Crippen LogP contribution in [0.4, 0.5) is 15.9 Å². The van der Waals surface area contributed by atoms with Gasteiger partial charge < -0.3 is 15.0 Å². The first-order chi connectivity index (χ1) is 13.1. The van der Waals surface area contributed by atoms with E-state index in [9.17, 15) is 9.65 Å². The first-order valence-corrected chi connectivity index (χ1v) is 8.38. The van der Waals surface area contributed by atoms with Crippen molar-refractivity contribution in [2.24, 2.45) is 0 Å². The zero-order valence-corrected chi connectivity index (χ0v) is 14.6. The fourth-order valence-electron chi connectivity index (χ4n) is 2.64. The van der Waals surface area contributed by atoms with E-state index >= 15 is 0 Å². The molecule has 0 saturated carbocycles. The molecular formula is C20H12ClFN4O. The van der Waals surface area contributed by atoms with Gasteiger partial charge in [0, 0.05) is 29.5 Å². The lowest BCUT2D eigenvalue weighted by atomic mass is 10.2. The van der Waals surface area contributed by atoms with Gasteiger partial charge in [0.05, 0.1) is 5.02 Å². The summed E-state index contributed by atoms with van der Waals surface area (Å²) in [7, 11) is 0. The van der Waals surface area contributed by atoms with Gasteiger partial charge in [0.2, 0.25) is 0 Å². The average molecular weight is 379 g/mol. The molecule has 0 amide bonds. The third-order valence-electron chi connectivity index (χ3n) is 3.86. The first kappa shape index (κ1) is 16.9. The minimum Gasteiger partial charge on any atom is -0.456 e. The Morgan fingerprint density at radius 1 is 1.11 bits per heavy atom. The molecule has 0 aliphatic rings. The van der Waals surface area contributed by atoms with Crippen molar-refractivity contribution in [2.75, 3.05) is 5.32 Å². The first-order valence-electron chi connectivity index (χ1n) is 8.00. The van der Waals surface area contributed by atoms with Crippen LogP contribution in [-0.2, 0) is 0 Å². The van der Waals surface area contributed by atoms with E-state index in [4.69, 9.17) is 16.3 Å². The number of nitriles is 1. The molecule has 2 heterocycles. The molecule has 4 rings (SSSR count). The van der Waals surface area contributed by atoms with Crippen molar-refractivity contribution in [2.45, 2.75) is 0 Å². The standard InChI is InChI=1S/C20H12ClFN4O/c21-17-7-13(22)2-4-19(17)27-16-8-15(11-23)26-20(10-16)25-14-3-1-12-5-6-24-18(12)9-14/h1-10,24H,(H,25,26). The van der Waals surface area contributed by atoms with Gasteiger partial charge in [-0.05, 0) is 41.8 Å². The second-order valence-electron chi connectivity index (χ2n) is 5.77. The molecule has 2 aromatic heterocycles. The van der Waals surface area contributed by atoms with Gasteiger partial charge in [-0.1, -0.05) is 17.7 Å². The number of aromatic amines is 1. The largest absolute Gasteiger partial charge is 0.456 e. The lowest BCUT2D eigenvalue weighted by Crippen LogP contribution is -1.97. The van der Waals surface area contributed by atoms with Crippen LogP contribution < -0.4 is 10.1 Å². The minimum absolute atomic E-state index is 0.136. The van der Waals surface area contributed by atoms with Crippen LogP contribution in [0.1, 0.15) is 5.69 Å². The number of anilines is 2. The summed E-state index contributed by atoms with van der Waals surface area (Å²) in [6.07, 6.45) is 1.86. The van der Waals surface area contributed by atoms with Gasteiger partial charge in [-0.25, -0.2) is 9.37 Å². The van der Waals surface area contributed by atoms with Gasteiger partial charge in [-0.3, -0.25) is 0 Å². The Kier molecular flexibility index (Phi) is 4.37. The summed E-state index contributed by atoms with van der Waals surface area (Å²) in [5.74, 6) is 0.625. The molecule has 2 N–H and O–H groups in total. The Balaban J connectivity index is 1.64. The number of nitrogens with one attached hydrogen (secondary N) is 2. The van der Waals surface area contributed by atoms with E-state index < -0.39 is 5.82 Å². The van der Waals surface area contributed by atoms with Crippen LogP contribution in [0.2, 0.25) is 5.02 Å². The zero-order chi connectivity index (χ0) is 18.8. The van der Waals surface area contributed by atoms with E-state index in [1.54, 1.807) is 6.07 Å². The van der Waals surface area contributed by atoms with Gasteiger partial charge in [0.15, 0.2) is 0 Å². The molecule has 4 aromatic rings. The summed E-state index contributed by atoms with van der Waals surface area (Å²) in [6, 6.07) is 16.8. The van der Waals surface area contributed by atoms with Crippen LogP contribution in [0.3, 0.4) is 0 Å². The molecule has 0 saturated heterocycles. The maximum atomic E-state index is 13.2. The van der Waals surface area contributed by atoms with Gasteiger partial charge >= 0.3 is 0 Å². The molecule has 5 nitrogen and oxygen atoms in total. The summed E-state index contributed by atoms with van der Waals surface area (Å²) >= 11 is 6.00. The molecule has 27 heavy (non-hydrogen) atoms. The molecule has 0 unspecified atom stereocenters. The number of benzene rings is 2. The molecular weight excluding hydrogens is 367 g/mol. The Bertz CT molecular complexity index is 1180. The second kappa shape index (κ2) is 6.98. The maximum Gasteiger partial charge on any atom is 0.146 e. The van der Waals surface area contributed by atoms with E-state index in [1.807, 2.05) is 36.5 Å². The minimum atomic E-state index is -0.457. The number of rotatable bonds is 4. The number of nitrogens with zero attached hydrogens (tertiary/aromatic N) is 2. The zero-order valence-electron chi connectivity index (χ0n) is 13.8. The number of ether oxygens (including phenoxy) is 1. The number of hydrogen-bond donors (Lipinski definition) is 2. The Morgan fingerprint density at radius 3 is 2.81 bits per heavy atom. The quantitative estimate of drug-likeness (QED) is 0.473. The van der Waals surface area contributed by atoms with E-state index in [0.29, 0.717) is 11.6 Å². The number of pyridine rings is 1.